The average Bonchev–Trinajstić information content (AvgIpc) is 2.55. The Morgan fingerprint density at radius 2 is 1.55 bits per heavy atom. The maximum absolute atomic E-state index is 7.75. The number of hydrogen-bond acceptors (Lipinski definition) is 3. The molecule has 1 aromatic heterocycles. The van der Waals surface area contributed by atoms with Crippen LogP contribution < -0.4 is 11.5 Å². The highest BCUT2D eigenvalue weighted by Crippen LogP contribution is 2.30. The lowest BCUT2D eigenvalue weighted by atomic mass is 9.96. The highest BCUT2D eigenvalue weighted by atomic mass is 14.8. The van der Waals surface area contributed by atoms with Crippen molar-refractivity contribution < 1.29 is 0 Å². The van der Waals surface area contributed by atoms with Gasteiger partial charge in [0, 0.05) is 17.3 Å². The molecule has 0 atom stereocenters. The minimum absolute atomic E-state index is 0.0555. The van der Waals surface area contributed by atoms with Gasteiger partial charge in [0.15, 0.2) is 0 Å². The third kappa shape index (κ3) is 2.54. The predicted octanol–water partition coefficient (Wildman–Crippen LogP) is 3.28. The molecule has 0 fully saturated rings. The number of benzene rings is 2. The molecule has 0 aliphatic carbocycles. The smallest absolute Gasteiger partial charge is 0.125 e. The summed E-state index contributed by atoms with van der Waals surface area (Å²) in [6.07, 6.45) is 3.21. The lowest BCUT2D eigenvalue weighted by molar-refractivity contribution is 1.31. The van der Waals surface area contributed by atoms with Crippen LogP contribution in [0.15, 0.2) is 67.0 Å². The summed E-state index contributed by atoms with van der Waals surface area (Å²) in [5.74, 6) is -0.0555. The van der Waals surface area contributed by atoms with Gasteiger partial charge >= 0.3 is 0 Å². The van der Waals surface area contributed by atoms with Crippen LogP contribution in [0.25, 0.3) is 22.3 Å². The molecule has 0 radical (unpaired) electrons. The number of amidine groups is 1. The monoisotopic (exact) mass is 288 g/mol. The minimum Gasteiger partial charge on any atom is -0.397 e. The summed E-state index contributed by atoms with van der Waals surface area (Å²) in [4.78, 5) is 4.13. The highest BCUT2D eigenvalue weighted by Gasteiger charge is 2.12. The largest absolute Gasteiger partial charge is 0.397 e. The van der Waals surface area contributed by atoms with Crippen LogP contribution in [-0.4, -0.2) is 10.8 Å². The maximum Gasteiger partial charge on any atom is 0.125 e. The highest BCUT2D eigenvalue weighted by molar-refractivity contribution is 6.05. The van der Waals surface area contributed by atoms with Gasteiger partial charge in [-0.3, -0.25) is 10.4 Å². The van der Waals surface area contributed by atoms with Gasteiger partial charge in [-0.15, -0.1) is 0 Å². The Kier molecular flexibility index (Phi) is 3.58. The lowest BCUT2D eigenvalue weighted by Gasteiger charge is -2.12. The van der Waals surface area contributed by atoms with E-state index in [2.05, 4.69) is 23.2 Å². The Labute approximate surface area is 128 Å². The quantitative estimate of drug-likeness (QED) is 0.510. The molecule has 4 heteroatoms. The number of nitrogens with two attached hydrogens (primary N) is 2. The number of nitrogens with one attached hydrogen (secondary N) is 1. The van der Waals surface area contributed by atoms with Crippen molar-refractivity contribution in [1.82, 2.24) is 4.98 Å². The Morgan fingerprint density at radius 1 is 0.864 bits per heavy atom. The number of nitrogens with zero attached hydrogens (tertiary/aromatic N) is 1. The first-order chi connectivity index (χ1) is 10.7. The van der Waals surface area contributed by atoms with Crippen LogP contribution in [0.3, 0.4) is 0 Å². The fraction of sp³-hybridized carbons (Fsp3) is 0. The number of anilines is 1. The van der Waals surface area contributed by atoms with Crippen molar-refractivity contribution in [3.8, 4) is 22.3 Å². The van der Waals surface area contributed by atoms with Gasteiger partial charge in [-0.05, 0) is 22.8 Å². The molecule has 22 heavy (non-hydrogen) atoms. The molecular weight excluding hydrogens is 272 g/mol. The third-order valence-electron chi connectivity index (χ3n) is 3.53. The van der Waals surface area contributed by atoms with Gasteiger partial charge < -0.3 is 11.5 Å². The van der Waals surface area contributed by atoms with Crippen LogP contribution in [-0.2, 0) is 0 Å². The molecule has 4 nitrogen and oxygen atoms in total. The van der Waals surface area contributed by atoms with Crippen molar-refractivity contribution in [3.05, 3.63) is 72.6 Å². The van der Waals surface area contributed by atoms with Crippen molar-refractivity contribution in [3.63, 3.8) is 0 Å². The normalized spacial score (nSPS) is 10.4. The van der Waals surface area contributed by atoms with Crippen LogP contribution >= 0.6 is 0 Å². The second-order valence-electron chi connectivity index (χ2n) is 5.01. The molecule has 0 bridgehead atoms. The zero-order valence-corrected chi connectivity index (χ0v) is 12.0. The molecule has 5 N–H and O–H groups in total. The number of hydrogen-bond donors (Lipinski definition) is 3. The molecule has 3 aromatic rings. The van der Waals surface area contributed by atoms with Crippen LogP contribution in [0.4, 0.5) is 5.69 Å². The first-order valence-corrected chi connectivity index (χ1v) is 6.90. The van der Waals surface area contributed by atoms with Crippen LogP contribution in [0.5, 0.6) is 0 Å². The molecule has 0 aliphatic rings. The summed E-state index contributed by atoms with van der Waals surface area (Å²) in [6, 6.07) is 18.2. The van der Waals surface area contributed by atoms with E-state index in [1.807, 2.05) is 36.4 Å². The standard InChI is InChI=1S/C18H16N4/c19-16-11-22-10-15(17(16)18(20)21)14-8-4-7-13(9-14)12-5-2-1-3-6-12/h1-11H,19H2,(H3,20,21). The van der Waals surface area contributed by atoms with Crippen molar-refractivity contribution in [2.45, 2.75) is 0 Å². The van der Waals surface area contributed by atoms with Gasteiger partial charge in [0.1, 0.15) is 5.84 Å². The average molecular weight is 288 g/mol. The van der Waals surface area contributed by atoms with Crippen LogP contribution in [0.1, 0.15) is 5.56 Å². The zero-order chi connectivity index (χ0) is 15.5. The number of rotatable bonds is 3. The third-order valence-corrected chi connectivity index (χ3v) is 3.53. The van der Waals surface area contributed by atoms with Crippen LogP contribution in [0.2, 0.25) is 0 Å². The number of nitrogen functional groups attached to an aromatic ring is 2. The second kappa shape index (κ2) is 5.69. The maximum atomic E-state index is 7.75. The number of pyridine rings is 1. The Balaban J connectivity index is 2.15. The Hall–Kier alpha value is -3.14. The molecule has 0 amide bonds. The predicted molar refractivity (Wildman–Crippen MR) is 90.5 cm³/mol. The first-order valence-electron chi connectivity index (χ1n) is 6.90. The summed E-state index contributed by atoms with van der Waals surface area (Å²) in [6.45, 7) is 0. The van der Waals surface area contributed by atoms with E-state index in [0.717, 1.165) is 22.3 Å². The van der Waals surface area contributed by atoms with E-state index >= 15 is 0 Å². The SMILES string of the molecule is N=C(N)c1c(N)cncc1-c1cccc(-c2ccccc2)c1. The van der Waals surface area contributed by atoms with Gasteiger partial charge in [0.05, 0.1) is 11.9 Å². The topological polar surface area (TPSA) is 88.8 Å². The molecular formula is C18H16N4. The number of aromatic nitrogens is 1. The summed E-state index contributed by atoms with van der Waals surface area (Å²) in [5, 5.41) is 7.75. The molecule has 3 rings (SSSR count). The van der Waals surface area contributed by atoms with E-state index < -0.39 is 0 Å². The van der Waals surface area contributed by atoms with Crippen molar-refractivity contribution in [2.24, 2.45) is 5.73 Å². The van der Waals surface area contributed by atoms with Crippen LogP contribution in [0, 0.1) is 5.41 Å². The Bertz CT molecular complexity index is 826. The van der Waals surface area contributed by atoms with E-state index in [0.29, 0.717) is 11.3 Å². The molecule has 0 saturated carbocycles. The summed E-state index contributed by atoms with van der Waals surface area (Å²) in [7, 11) is 0. The lowest BCUT2D eigenvalue weighted by Crippen LogP contribution is -2.15. The van der Waals surface area contributed by atoms with Gasteiger partial charge in [-0.1, -0.05) is 48.5 Å². The minimum atomic E-state index is -0.0555. The first kappa shape index (κ1) is 13.8. The van der Waals surface area contributed by atoms with Gasteiger partial charge in [0.2, 0.25) is 0 Å². The summed E-state index contributed by atoms with van der Waals surface area (Å²) in [5.41, 5.74) is 16.5. The van der Waals surface area contributed by atoms with E-state index in [-0.39, 0.29) is 5.84 Å². The van der Waals surface area contributed by atoms with Crippen molar-refractivity contribution in [2.75, 3.05) is 5.73 Å². The second-order valence-corrected chi connectivity index (χ2v) is 5.01. The van der Waals surface area contributed by atoms with E-state index in [9.17, 15) is 0 Å². The fourth-order valence-electron chi connectivity index (χ4n) is 2.49. The van der Waals surface area contributed by atoms with Gasteiger partial charge in [-0.25, -0.2) is 0 Å². The van der Waals surface area contributed by atoms with Gasteiger partial charge in [0.25, 0.3) is 0 Å². The molecule has 0 spiro atoms. The zero-order valence-electron chi connectivity index (χ0n) is 12.0. The molecule has 1 heterocycles. The Morgan fingerprint density at radius 3 is 2.27 bits per heavy atom. The molecule has 2 aromatic carbocycles. The van der Waals surface area contributed by atoms with Gasteiger partial charge in [-0.2, -0.15) is 0 Å². The fourth-order valence-corrected chi connectivity index (χ4v) is 2.49. The summed E-state index contributed by atoms with van der Waals surface area (Å²) >= 11 is 0. The van der Waals surface area contributed by atoms with Crippen molar-refractivity contribution >= 4 is 11.5 Å². The molecule has 0 unspecified atom stereocenters. The molecule has 108 valence electrons. The molecule has 0 saturated heterocycles. The molecule has 0 aliphatic heterocycles. The summed E-state index contributed by atoms with van der Waals surface area (Å²) < 4.78 is 0. The van der Waals surface area contributed by atoms with E-state index in [1.165, 1.54) is 6.20 Å². The van der Waals surface area contributed by atoms with E-state index in [1.54, 1.807) is 6.20 Å². The van der Waals surface area contributed by atoms with Crippen molar-refractivity contribution in [1.29, 1.82) is 5.41 Å². The van der Waals surface area contributed by atoms with E-state index in [4.69, 9.17) is 16.9 Å².